The Hall–Kier alpha value is -1.50. The number of nitrogens with zero attached hydrogens (tertiary/aromatic N) is 1. The number of hydrogen-bond donors (Lipinski definition) is 2. The standard InChI is InChI=1S/C12H19N3O3S/c1-7-8(2)18-11(13-7)19-6-9(16)14-10(17)15-12(3,4)5/h6H2,1-5H3,(H2,14,15,16,17). The van der Waals surface area contributed by atoms with Crippen molar-refractivity contribution in [2.75, 3.05) is 5.75 Å². The van der Waals surface area contributed by atoms with Crippen LogP contribution in [-0.4, -0.2) is 28.2 Å². The van der Waals surface area contributed by atoms with Gasteiger partial charge in [-0.05, 0) is 34.6 Å². The first-order valence-corrected chi connectivity index (χ1v) is 6.85. The van der Waals surface area contributed by atoms with Gasteiger partial charge in [-0.1, -0.05) is 11.8 Å². The van der Waals surface area contributed by atoms with Crippen LogP contribution in [0.2, 0.25) is 0 Å². The van der Waals surface area contributed by atoms with Crippen LogP contribution in [0, 0.1) is 13.8 Å². The third kappa shape index (κ3) is 5.78. The molecular weight excluding hydrogens is 266 g/mol. The summed E-state index contributed by atoms with van der Waals surface area (Å²) in [6.45, 7) is 9.15. The van der Waals surface area contributed by atoms with Crippen molar-refractivity contribution < 1.29 is 14.0 Å². The lowest BCUT2D eigenvalue weighted by Crippen LogP contribution is -2.48. The minimum absolute atomic E-state index is 0.0803. The van der Waals surface area contributed by atoms with Gasteiger partial charge in [-0.2, -0.15) is 0 Å². The lowest BCUT2D eigenvalue weighted by molar-refractivity contribution is -0.117. The van der Waals surface area contributed by atoms with E-state index < -0.39 is 6.03 Å². The SMILES string of the molecule is Cc1nc(SCC(=O)NC(=O)NC(C)(C)C)oc1C. The molecule has 1 aromatic rings. The van der Waals surface area contributed by atoms with Crippen LogP contribution in [0.5, 0.6) is 0 Å². The summed E-state index contributed by atoms with van der Waals surface area (Å²) in [5.74, 6) is 0.422. The fraction of sp³-hybridized carbons (Fsp3) is 0.583. The molecule has 6 nitrogen and oxygen atoms in total. The van der Waals surface area contributed by atoms with E-state index in [1.54, 1.807) is 0 Å². The van der Waals surface area contributed by atoms with Gasteiger partial charge in [0.1, 0.15) is 5.76 Å². The molecule has 0 saturated heterocycles. The summed E-state index contributed by atoms with van der Waals surface area (Å²) < 4.78 is 5.32. The number of carbonyl (C=O) groups excluding carboxylic acids is 2. The second kappa shape index (κ2) is 6.10. The lowest BCUT2D eigenvalue weighted by atomic mass is 10.1. The second-order valence-electron chi connectivity index (χ2n) is 5.16. The number of aryl methyl sites for hydroxylation is 2. The fourth-order valence-electron chi connectivity index (χ4n) is 1.17. The maximum Gasteiger partial charge on any atom is 0.321 e. The average Bonchev–Trinajstić information content (AvgIpc) is 2.52. The van der Waals surface area contributed by atoms with E-state index in [1.165, 1.54) is 0 Å². The van der Waals surface area contributed by atoms with E-state index >= 15 is 0 Å². The summed E-state index contributed by atoms with van der Waals surface area (Å²) in [5.41, 5.74) is 0.419. The molecule has 1 rings (SSSR count). The normalized spacial score (nSPS) is 11.2. The van der Waals surface area contributed by atoms with Crippen LogP contribution in [0.1, 0.15) is 32.2 Å². The van der Waals surface area contributed by atoms with E-state index in [-0.39, 0.29) is 17.2 Å². The first-order chi connectivity index (χ1) is 8.67. The van der Waals surface area contributed by atoms with Gasteiger partial charge in [-0.15, -0.1) is 0 Å². The van der Waals surface area contributed by atoms with Crippen LogP contribution < -0.4 is 10.6 Å². The average molecular weight is 285 g/mol. The number of rotatable bonds is 3. The van der Waals surface area contributed by atoms with Gasteiger partial charge < -0.3 is 9.73 Å². The van der Waals surface area contributed by atoms with Crippen molar-refractivity contribution in [1.29, 1.82) is 0 Å². The Labute approximate surface area is 116 Å². The molecule has 0 fully saturated rings. The van der Waals surface area contributed by atoms with Crippen molar-refractivity contribution in [3.63, 3.8) is 0 Å². The second-order valence-corrected chi connectivity index (χ2v) is 6.09. The Bertz CT molecular complexity index is 458. The van der Waals surface area contributed by atoms with Crippen molar-refractivity contribution in [1.82, 2.24) is 15.6 Å². The van der Waals surface area contributed by atoms with Crippen LogP contribution in [0.25, 0.3) is 0 Å². The largest absolute Gasteiger partial charge is 0.437 e. The fourth-order valence-corrected chi connectivity index (χ4v) is 1.88. The molecule has 0 radical (unpaired) electrons. The minimum Gasteiger partial charge on any atom is -0.437 e. The number of nitrogens with one attached hydrogen (secondary N) is 2. The summed E-state index contributed by atoms with van der Waals surface area (Å²) in [4.78, 5) is 27.1. The summed E-state index contributed by atoms with van der Waals surface area (Å²) in [6.07, 6.45) is 0. The minimum atomic E-state index is -0.502. The van der Waals surface area contributed by atoms with Crippen LogP contribution in [0.15, 0.2) is 9.64 Å². The zero-order chi connectivity index (χ0) is 14.6. The van der Waals surface area contributed by atoms with Crippen molar-refractivity contribution in [3.05, 3.63) is 11.5 Å². The maximum absolute atomic E-state index is 11.5. The molecule has 7 heteroatoms. The van der Waals surface area contributed by atoms with Crippen molar-refractivity contribution in [2.45, 2.75) is 45.4 Å². The van der Waals surface area contributed by atoms with E-state index in [0.717, 1.165) is 23.2 Å². The third-order valence-corrected chi connectivity index (χ3v) is 2.91. The Morgan fingerprint density at radius 1 is 1.32 bits per heavy atom. The molecule has 106 valence electrons. The number of hydrogen-bond acceptors (Lipinski definition) is 5. The van der Waals surface area contributed by atoms with Crippen LogP contribution in [0.3, 0.4) is 0 Å². The summed E-state index contributed by atoms with van der Waals surface area (Å²) in [5, 5.41) is 5.32. The highest BCUT2D eigenvalue weighted by Crippen LogP contribution is 2.19. The van der Waals surface area contributed by atoms with Gasteiger partial charge >= 0.3 is 6.03 Å². The predicted molar refractivity (Wildman–Crippen MR) is 73.1 cm³/mol. The van der Waals surface area contributed by atoms with Crippen molar-refractivity contribution in [2.24, 2.45) is 0 Å². The predicted octanol–water partition coefficient (Wildman–Crippen LogP) is 2.01. The van der Waals surface area contributed by atoms with Crippen LogP contribution in [0.4, 0.5) is 4.79 Å². The number of imide groups is 1. The molecule has 0 saturated carbocycles. The molecule has 0 unspecified atom stereocenters. The molecule has 0 aliphatic carbocycles. The highest BCUT2D eigenvalue weighted by molar-refractivity contribution is 7.99. The van der Waals surface area contributed by atoms with Crippen LogP contribution in [-0.2, 0) is 4.79 Å². The van der Waals surface area contributed by atoms with E-state index in [1.807, 2.05) is 34.6 Å². The van der Waals surface area contributed by atoms with Gasteiger partial charge in [0.2, 0.25) is 5.91 Å². The smallest absolute Gasteiger partial charge is 0.321 e. The summed E-state index contributed by atoms with van der Waals surface area (Å²) in [7, 11) is 0. The molecule has 3 amide bonds. The number of aromatic nitrogens is 1. The van der Waals surface area contributed by atoms with Gasteiger partial charge in [0.15, 0.2) is 0 Å². The van der Waals surface area contributed by atoms with Gasteiger partial charge in [-0.25, -0.2) is 9.78 Å². The Balaban J connectivity index is 2.38. The topological polar surface area (TPSA) is 84.2 Å². The van der Waals surface area contributed by atoms with Gasteiger partial charge in [0, 0.05) is 5.54 Å². The van der Waals surface area contributed by atoms with Gasteiger partial charge in [0.25, 0.3) is 5.22 Å². The molecule has 1 heterocycles. The molecular formula is C12H19N3O3S. The number of oxazole rings is 1. The Kier molecular flexibility index (Phi) is 4.99. The molecule has 0 aliphatic rings. The van der Waals surface area contributed by atoms with Gasteiger partial charge in [-0.3, -0.25) is 10.1 Å². The Morgan fingerprint density at radius 2 is 1.95 bits per heavy atom. The summed E-state index contributed by atoms with van der Waals surface area (Å²) in [6, 6.07) is -0.502. The van der Waals surface area contributed by atoms with E-state index in [2.05, 4.69) is 15.6 Å². The highest BCUT2D eigenvalue weighted by Gasteiger charge is 2.16. The molecule has 2 N–H and O–H groups in total. The molecule has 0 aromatic carbocycles. The monoisotopic (exact) mass is 285 g/mol. The zero-order valence-corrected chi connectivity index (χ0v) is 12.6. The van der Waals surface area contributed by atoms with E-state index in [0.29, 0.717) is 5.22 Å². The van der Waals surface area contributed by atoms with Crippen LogP contribution >= 0.6 is 11.8 Å². The van der Waals surface area contributed by atoms with Gasteiger partial charge in [0.05, 0.1) is 11.4 Å². The third-order valence-electron chi connectivity index (χ3n) is 2.08. The molecule has 1 aromatic heterocycles. The number of urea groups is 1. The quantitative estimate of drug-likeness (QED) is 0.830. The molecule has 19 heavy (non-hydrogen) atoms. The maximum atomic E-state index is 11.5. The molecule has 0 aliphatic heterocycles. The molecule has 0 atom stereocenters. The highest BCUT2D eigenvalue weighted by atomic mass is 32.2. The van der Waals surface area contributed by atoms with Crippen molar-refractivity contribution in [3.8, 4) is 0 Å². The lowest BCUT2D eigenvalue weighted by Gasteiger charge is -2.20. The number of thioether (sulfide) groups is 1. The van der Waals surface area contributed by atoms with E-state index in [4.69, 9.17) is 4.42 Å². The first-order valence-electron chi connectivity index (χ1n) is 5.86. The van der Waals surface area contributed by atoms with Crippen molar-refractivity contribution >= 4 is 23.7 Å². The Morgan fingerprint density at radius 3 is 2.42 bits per heavy atom. The summed E-state index contributed by atoms with van der Waals surface area (Å²) >= 11 is 1.15. The zero-order valence-electron chi connectivity index (χ0n) is 11.8. The molecule has 0 spiro atoms. The number of amides is 3. The number of carbonyl (C=O) groups is 2. The first kappa shape index (κ1) is 15.6. The molecule has 0 bridgehead atoms. The van der Waals surface area contributed by atoms with E-state index in [9.17, 15) is 9.59 Å².